The Morgan fingerprint density at radius 3 is 2.81 bits per heavy atom. The molecule has 1 N–H and O–H groups in total. The molecule has 9 nitrogen and oxygen atoms in total. The van der Waals surface area contributed by atoms with Gasteiger partial charge in [-0.1, -0.05) is 0 Å². The molecule has 1 amide bonds. The number of amides is 1. The quantitative estimate of drug-likeness (QED) is 0.439. The number of piperidine rings is 1. The second-order valence-electron chi connectivity index (χ2n) is 6.39. The molecule has 1 aromatic carbocycles. The molecular weight excluding hydrogens is 354 g/mol. The first-order chi connectivity index (χ1) is 12.9. The lowest BCUT2D eigenvalue weighted by Gasteiger charge is -2.35. The number of nitrogens with one attached hydrogen (secondary N) is 1. The van der Waals surface area contributed by atoms with Crippen molar-refractivity contribution >= 4 is 23.3 Å². The number of carbonyl (C=O) groups is 2. The van der Waals surface area contributed by atoms with E-state index in [2.05, 4.69) is 5.32 Å². The fourth-order valence-corrected chi connectivity index (χ4v) is 3.12. The summed E-state index contributed by atoms with van der Waals surface area (Å²) in [6, 6.07) is 3.51. The maximum Gasteiger partial charge on any atom is 0.310 e. The second-order valence-corrected chi connectivity index (χ2v) is 6.39. The Labute approximate surface area is 157 Å². The van der Waals surface area contributed by atoms with E-state index in [4.69, 9.17) is 9.47 Å². The zero-order valence-electron chi connectivity index (χ0n) is 15.8. The summed E-state index contributed by atoms with van der Waals surface area (Å²) in [4.78, 5) is 37.0. The number of hydrogen-bond acceptors (Lipinski definition) is 7. The van der Waals surface area contributed by atoms with Crippen LogP contribution in [0.15, 0.2) is 18.2 Å². The monoisotopic (exact) mass is 379 g/mol. The van der Waals surface area contributed by atoms with Gasteiger partial charge in [-0.05, 0) is 39.3 Å². The van der Waals surface area contributed by atoms with Crippen LogP contribution in [0.5, 0.6) is 5.75 Å². The number of non-ortho nitro benzene ring substituents is 1. The molecule has 9 heteroatoms. The Morgan fingerprint density at radius 2 is 2.19 bits per heavy atom. The van der Waals surface area contributed by atoms with Crippen LogP contribution in [-0.4, -0.2) is 54.5 Å². The zero-order valence-corrected chi connectivity index (χ0v) is 15.8. The van der Waals surface area contributed by atoms with E-state index < -0.39 is 11.0 Å². The Hall–Kier alpha value is -2.68. The maximum absolute atomic E-state index is 12.7. The topological polar surface area (TPSA) is 111 Å². The number of esters is 1. The molecule has 0 unspecified atom stereocenters. The molecule has 0 radical (unpaired) electrons. The third-order valence-electron chi connectivity index (χ3n) is 4.65. The summed E-state index contributed by atoms with van der Waals surface area (Å²) in [7, 11) is 1.43. The van der Waals surface area contributed by atoms with Crippen molar-refractivity contribution in [2.75, 3.05) is 32.1 Å². The van der Waals surface area contributed by atoms with Crippen molar-refractivity contribution in [1.82, 2.24) is 4.90 Å². The fraction of sp³-hybridized carbons (Fsp3) is 0.556. The molecule has 1 heterocycles. The Balaban J connectivity index is 2.08. The van der Waals surface area contributed by atoms with Crippen LogP contribution in [0, 0.1) is 16.0 Å². The lowest BCUT2D eigenvalue weighted by atomic mass is 9.97. The number of nitro groups is 1. The number of nitro benzene ring substituents is 1. The summed E-state index contributed by atoms with van der Waals surface area (Å²) < 4.78 is 10.3. The van der Waals surface area contributed by atoms with Gasteiger partial charge >= 0.3 is 5.97 Å². The predicted molar refractivity (Wildman–Crippen MR) is 98.7 cm³/mol. The Bertz CT molecular complexity index is 708. The van der Waals surface area contributed by atoms with Crippen LogP contribution in [0.2, 0.25) is 0 Å². The molecule has 0 spiro atoms. The van der Waals surface area contributed by atoms with Gasteiger partial charge in [0.05, 0.1) is 36.3 Å². The van der Waals surface area contributed by atoms with Gasteiger partial charge < -0.3 is 14.8 Å². The smallest absolute Gasteiger partial charge is 0.310 e. The van der Waals surface area contributed by atoms with Crippen molar-refractivity contribution in [2.24, 2.45) is 5.92 Å². The van der Waals surface area contributed by atoms with Crippen molar-refractivity contribution in [1.29, 1.82) is 0 Å². The number of likely N-dealkylation sites (tertiary alicyclic amines) is 1. The summed E-state index contributed by atoms with van der Waals surface area (Å²) >= 11 is 0. The molecule has 1 aliphatic rings. The first-order valence-electron chi connectivity index (χ1n) is 8.91. The minimum atomic E-state index is -0.535. The van der Waals surface area contributed by atoms with E-state index >= 15 is 0 Å². The van der Waals surface area contributed by atoms with Crippen LogP contribution in [0.3, 0.4) is 0 Å². The van der Waals surface area contributed by atoms with Gasteiger partial charge in [0, 0.05) is 18.7 Å². The highest BCUT2D eigenvalue weighted by Crippen LogP contribution is 2.29. The van der Waals surface area contributed by atoms with Gasteiger partial charge in [-0.15, -0.1) is 0 Å². The number of ether oxygens (including phenoxy) is 2. The molecule has 27 heavy (non-hydrogen) atoms. The Morgan fingerprint density at radius 1 is 1.44 bits per heavy atom. The minimum absolute atomic E-state index is 0.140. The molecule has 2 atom stereocenters. The lowest BCUT2D eigenvalue weighted by Crippen LogP contribution is -2.48. The van der Waals surface area contributed by atoms with E-state index in [0.717, 1.165) is 12.8 Å². The van der Waals surface area contributed by atoms with Crippen molar-refractivity contribution in [3.63, 3.8) is 0 Å². The second kappa shape index (κ2) is 9.31. The lowest BCUT2D eigenvalue weighted by molar-refractivity contribution is -0.384. The van der Waals surface area contributed by atoms with Crippen LogP contribution in [0.25, 0.3) is 0 Å². The molecule has 1 fully saturated rings. The summed E-state index contributed by atoms with van der Waals surface area (Å²) in [6.45, 7) is 4.97. The summed E-state index contributed by atoms with van der Waals surface area (Å²) in [5, 5.41) is 13.7. The van der Waals surface area contributed by atoms with Gasteiger partial charge in [-0.2, -0.15) is 0 Å². The highest BCUT2D eigenvalue weighted by Gasteiger charge is 2.32. The average Bonchev–Trinajstić information content (AvgIpc) is 2.67. The summed E-state index contributed by atoms with van der Waals surface area (Å²) in [5.41, 5.74) is 0.0987. The molecule has 2 rings (SSSR count). The molecule has 148 valence electrons. The molecule has 0 aromatic heterocycles. The molecule has 1 saturated heterocycles. The first kappa shape index (κ1) is 20.6. The van der Waals surface area contributed by atoms with Crippen LogP contribution in [0.1, 0.15) is 26.7 Å². The average molecular weight is 379 g/mol. The van der Waals surface area contributed by atoms with Gasteiger partial charge in [0.25, 0.3) is 5.69 Å². The minimum Gasteiger partial charge on any atom is -0.495 e. The normalized spacial score (nSPS) is 18.4. The molecule has 0 bridgehead atoms. The van der Waals surface area contributed by atoms with Crippen LogP contribution in [-0.2, 0) is 14.3 Å². The third kappa shape index (κ3) is 5.16. The Kier molecular flexibility index (Phi) is 7.12. The first-order valence-corrected chi connectivity index (χ1v) is 8.91. The highest BCUT2D eigenvalue weighted by atomic mass is 16.6. The maximum atomic E-state index is 12.7. The van der Waals surface area contributed by atoms with Crippen LogP contribution >= 0.6 is 0 Å². The van der Waals surface area contributed by atoms with Gasteiger partial charge in [-0.25, -0.2) is 0 Å². The van der Waals surface area contributed by atoms with Crippen molar-refractivity contribution < 1.29 is 24.0 Å². The van der Waals surface area contributed by atoms with Gasteiger partial charge in [0.2, 0.25) is 5.91 Å². The summed E-state index contributed by atoms with van der Waals surface area (Å²) in [5.74, 6) is -0.473. The number of nitrogens with zero attached hydrogens (tertiary/aromatic N) is 2. The SMILES string of the molecule is CCOC(=O)[C@H]1CCCN([C@@H](C)C(=O)Nc2cc([N+](=O)[O-])ccc2OC)C1. The number of anilines is 1. The van der Waals surface area contributed by atoms with E-state index in [1.54, 1.807) is 13.8 Å². The molecule has 0 aliphatic carbocycles. The largest absolute Gasteiger partial charge is 0.495 e. The summed E-state index contributed by atoms with van der Waals surface area (Å²) in [6.07, 6.45) is 1.53. The highest BCUT2D eigenvalue weighted by molar-refractivity contribution is 5.96. The van der Waals surface area contributed by atoms with E-state index in [9.17, 15) is 19.7 Å². The predicted octanol–water partition coefficient (Wildman–Crippen LogP) is 2.21. The molecule has 1 aliphatic heterocycles. The third-order valence-corrected chi connectivity index (χ3v) is 4.65. The standard InChI is InChI=1S/C18H25N3O6/c1-4-27-18(23)13-6-5-9-20(11-13)12(2)17(22)19-15-10-14(21(24)25)7-8-16(15)26-3/h7-8,10,12-13H,4-6,9,11H2,1-3H3,(H,19,22)/t12-,13-/m0/s1. The van der Waals surface area contributed by atoms with Gasteiger partial charge in [0.1, 0.15) is 5.75 Å². The molecule has 1 aromatic rings. The van der Waals surface area contributed by atoms with Crippen LogP contribution < -0.4 is 10.1 Å². The van der Waals surface area contributed by atoms with E-state index in [1.807, 2.05) is 4.90 Å². The van der Waals surface area contributed by atoms with Gasteiger partial charge in [-0.3, -0.25) is 24.6 Å². The number of benzene rings is 1. The van der Waals surface area contributed by atoms with Crippen LogP contribution in [0.4, 0.5) is 11.4 Å². The van der Waals surface area contributed by atoms with Crippen molar-refractivity contribution in [3.05, 3.63) is 28.3 Å². The zero-order chi connectivity index (χ0) is 20.0. The molecule has 0 saturated carbocycles. The number of rotatable bonds is 7. The number of hydrogen-bond donors (Lipinski definition) is 1. The van der Waals surface area contributed by atoms with E-state index in [1.165, 1.54) is 25.3 Å². The van der Waals surface area contributed by atoms with Crippen molar-refractivity contribution in [3.8, 4) is 5.75 Å². The number of carbonyl (C=O) groups excluding carboxylic acids is 2. The van der Waals surface area contributed by atoms with E-state index in [-0.39, 0.29) is 29.2 Å². The number of methoxy groups -OCH3 is 1. The van der Waals surface area contributed by atoms with E-state index in [0.29, 0.717) is 25.4 Å². The molecular formula is C18H25N3O6. The fourth-order valence-electron chi connectivity index (χ4n) is 3.12. The van der Waals surface area contributed by atoms with Crippen molar-refractivity contribution in [2.45, 2.75) is 32.7 Å². The van der Waals surface area contributed by atoms with Gasteiger partial charge in [0.15, 0.2) is 0 Å².